The second-order valence-electron chi connectivity index (χ2n) is 3.45. The van der Waals surface area contributed by atoms with Gasteiger partial charge in [0, 0.05) is 12.2 Å². The summed E-state index contributed by atoms with van der Waals surface area (Å²) < 4.78 is 10.5. The highest BCUT2D eigenvalue weighted by Gasteiger charge is 2.12. The lowest BCUT2D eigenvalue weighted by molar-refractivity contribution is 0.382. The molecule has 1 aromatic carbocycles. The fraction of sp³-hybridized carbons (Fsp3) is 0.333. The zero-order valence-corrected chi connectivity index (χ0v) is 10.7. The number of aryl methyl sites for hydroxylation is 1. The molecule has 2 aromatic rings. The smallest absolute Gasteiger partial charge is 0.227 e. The molecular formula is C12H14N2O2S. The molecule has 1 aromatic heterocycles. The van der Waals surface area contributed by atoms with Crippen LogP contribution in [0.1, 0.15) is 5.89 Å². The van der Waals surface area contributed by atoms with Crippen molar-refractivity contribution >= 4 is 11.8 Å². The van der Waals surface area contributed by atoms with Gasteiger partial charge in [-0.05, 0) is 18.4 Å². The Hall–Kier alpha value is -1.49. The number of benzene rings is 1. The van der Waals surface area contributed by atoms with Gasteiger partial charge in [0.15, 0.2) is 0 Å². The van der Waals surface area contributed by atoms with E-state index in [9.17, 15) is 0 Å². The minimum atomic E-state index is 0.582. The van der Waals surface area contributed by atoms with E-state index in [1.165, 1.54) is 0 Å². The molecular weight excluding hydrogens is 236 g/mol. The molecule has 5 heteroatoms. The molecule has 0 spiro atoms. The molecule has 4 nitrogen and oxygen atoms in total. The van der Waals surface area contributed by atoms with Crippen molar-refractivity contribution in [2.45, 2.75) is 6.42 Å². The Kier molecular flexibility index (Phi) is 4.03. The van der Waals surface area contributed by atoms with Gasteiger partial charge in [-0.15, -0.1) is 0 Å². The van der Waals surface area contributed by atoms with Crippen molar-refractivity contribution in [3.8, 4) is 17.1 Å². The normalized spacial score (nSPS) is 10.5. The van der Waals surface area contributed by atoms with Gasteiger partial charge in [0.2, 0.25) is 11.7 Å². The highest BCUT2D eigenvalue weighted by atomic mass is 32.2. The summed E-state index contributed by atoms with van der Waals surface area (Å²) in [5, 5.41) is 3.97. The largest absolute Gasteiger partial charge is 0.496 e. The van der Waals surface area contributed by atoms with Crippen LogP contribution in [-0.4, -0.2) is 29.3 Å². The predicted octanol–water partition coefficient (Wildman–Crippen LogP) is 2.65. The summed E-state index contributed by atoms with van der Waals surface area (Å²) in [4.78, 5) is 4.36. The number of aromatic nitrogens is 2. The maximum atomic E-state index is 5.26. The van der Waals surface area contributed by atoms with Crippen molar-refractivity contribution in [1.29, 1.82) is 0 Å². The molecule has 0 aliphatic heterocycles. The Balaban J connectivity index is 2.24. The molecule has 0 fully saturated rings. The fourth-order valence-electron chi connectivity index (χ4n) is 1.48. The zero-order chi connectivity index (χ0) is 12.1. The van der Waals surface area contributed by atoms with Gasteiger partial charge in [0.25, 0.3) is 0 Å². The second kappa shape index (κ2) is 5.72. The van der Waals surface area contributed by atoms with E-state index in [2.05, 4.69) is 16.4 Å². The van der Waals surface area contributed by atoms with Gasteiger partial charge in [-0.1, -0.05) is 17.3 Å². The summed E-state index contributed by atoms with van der Waals surface area (Å²) in [5.74, 6) is 2.98. The summed E-state index contributed by atoms with van der Waals surface area (Å²) in [6, 6.07) is 7.64. The van der Waals surface area contributed by atoms with Gasteiger partial charge in [-0.3, -0.25) is 0 Å². The van der Waals surface area contributed by atoms with Crippen molar-refractivity contribution in [2.75, 3.05) is 19.1 Å². The summed E-state index contributed by atoms with van der Waals surface area (Å²) in [6.45, 7) is 0. The fourth-order valence-corrected chi connectivity index (χ4v) is 1.86. The third-order valence-electron chi connectivity index (χ3n) is 2.34. The van der Waals surface area contributed by atoms with Crippen LogP contribution < -0.4 is 4.74 Å². The van der Waals surface area contributed by atoms with E-state index < -0.39 is 0 Å². The zero-order valence-electron chi connectivity index (χ0n) is 9.84. The molecule has 90 valence electrons. The first kappa shape index (κ1) is 12.0. The molecule has 0 radical (unpaired) electrons. The van der Waals surface area contributed by atoms with Gasteiger partial charge in [-0.25, -0.2) is 0 Å². The molecule has 0 aliphatic rings. The first-order valence-electron chi connectivity index (χ1n) is 5.30. The predicted molar refractivity (Wildman–Crippen MR) is 68.4 cm³/mol. The van der Waals surface area contributed by atoms with Gasteiger partial charge >= 0.3 is 0 Å². The number of ether oxygens (including phenoxy) is 1. The van der Waals surface area contributed by atoms with E-state index in [1.54, 1.807) is 18.9 Å². The monoisotopic (exact) mass is 250 g/mol. The lowest BCUT2D eigenvalue weighted by Gasteiger charge is -2.02. The van der Waals surface area contributed by atoms with E-state index in [-0.39, 0.29) is 0 Å². The van der Waals surface area contributed by atoms with E-state index in [1.807, 2.05) is 24.3 Å². The van der Waals surface area contributed by atoms with Crippen LogP contribution in [0, 0.1) is 0 Å². The lowest BCUT2D eigenvalue weighted by atomic mass is 10.2. The van der Waals surface area contributed by atoms with Gasteiger partial charge in [-0.2, -0.15) is 16.7 Å². The molecule has 17 heavy (non-hydrogen) atoms. The Morgan fingerprint density at radius 2 is 2.18 bits per heavy atom. The average Bonchev–Trinajstić information content (AvgIpc) is 2.85. The summed E-state index contributed by atoms with van der Waals surface area (Å²) in [7, 11) is 1.63. The van der Waals surface area contributed by atoms with E-state index in [0.717, 1.165) is 23.5 Å². The second-order valence-corrected chi connectivity index (χ2v) is 4.44. The quantitative estimate of drug-likeness (QED) is 0.816. The molecule has 0 saturated carbocycles. The molecule has 0 bridgehead atoms. The summed E-state index contributed by atoms with van der Waals surface area (Å²) >= 11 is 1.76. The Morgan fingerprint density at radius 3 is 2.94 bits per heavy atom. The molecule has 0 unspecified atom stereocenters. The first-order chi connectivity index (χ1) is 8.35. The van der Waals surface area contributed by atoms with Gasteiger partial charge in [0.1, 0.15) is 5.75 Å². The van der Waals surface area contributed by atoms with Gasteiger partial charge in [0.05, 0.1) is 12.7 Å². The van der Waals surface area contributed by atoms with Crippen molar-refractivity contribution in [3.05, 3.63) is 30.2 Å². The highest BCUT2D eigenvalue weighted by Crippen LogP contribution is 2.27. The van der Waals surface area contributed by atoms with E-state index in [4.69, 9.17) is 9.26 Å². The maximum absolute atomic E-state index is 5.26. The van der Waals surface area contributed by atoms with Crippen LogP contribution in [0.2, 0.25) is 0 Å². The number of thioether (sulfide) groups is 1. The third kappa shape index (κ3) is 2.79. The van der Waals surface area contributed by atoms with Crippen LogP contribution in [0.4, 0.5) is 0 Å². The van der Waals surface area contributed by atoms with Crippen LogP contribution in [-0.2, 0) is 6.42 Å². The number of para-hydroxylation sites is 1. The number of rotatable bonds is 5. The van der Waals surface area contributed by atoms with Crippen molar-refractivity contribution in [1.82, 2.24) is 10.1 Å². The van der Waals surface area contributed by atoms with Gasteiger partial charge < -0.3 is 9.26 Å². The molecule has 2 rings (SSSR count). The van der Waals surface area contributed by atoms with Crippen LogP contribution in [0.25, 0.3) is 11.4 Å². The average molecular weight is 250 g/mol. The molecule has 0 amide bonds. The van der Waals surface area contributed by atoms with Crippen LogP contribution in [0.5, 0.6) is 5.75 Å². The number of methoxy groups -OCH3 is 1. The highest BCUT2D eigenvalue weighted by molar-refractivity contribution is 7.98. The molecule has 0 atom stereocenters. The standard InChI is InChI=1S/C12H14N2O2S/c1-15-10-6-4-3-5-9(10)12-13-11(16-14-12)7-8-17-2/h3-6H,7-8H2,1-2H3. The van der Waals surface area contributed by atoms with Crippen LogP contribution in [0.15, 0.2) is 28.8 Å². The van der Waals surface area contributed by atoms with Crippen LogP contribution in [0.3, 0.4) is 0 Å². The van der Waals surface area contributed by atoms with Crippen molar-refractivity contribution in [2.24, 2.45) is 0 Å². The first-order valence-corrected chi connectivity index (χ1v) is 6.69. The molecule has 0 saturated heterocycles. The van der Waals surface area contributed by atoms with E-state index in [0.29, 0.717) is 11.7 Å². The Labute approximate surface area is 104 Å². The van der Waals surface area contributed by atoms with Crippen LogP contribution >= 0.6 is 11.8 Å². The van der Waals surface area contributed by atoms with E-state index >= 15 is 0 Å². The molecule has 0 N–H and O–H groups in total. The number of hydrogen-bond acceptors (Lipinski definition) is 5. The summed E-state index contributed by atoms with van der Waals surface area (Å²) in [5.41, 5.74) is 0.856. The minimum absolute atomic E-state index is 0.582. The minimum Gasteiger partial charge on any atom is -0.496 e. The molecule has 1 heterocycles. The maximum Gasteiger partial charge on any atom is 0.227 e. The van der Waals surface area contributed by atoms with Crippen molar-refractivity contribution in [3.63, 3.8) is 0 Å². The third-order valence-corrected chi connectivity index (χ3v) is 2.95. The summed E-state index contributed by atoms with van der Waals surface area (Å²) in [6.07, 6.45) is 2.85. The Bertz CT molecular complexity index is 485. The SMILES string of the molecule is COc1ccccc1-c1noc(CCSC)n1. The number of hydrogen-bond donors (Lipinski definition) is 0. The topological polar surface area (TPSA) is 48.2 Å². The molecule has 0 aliphatic carbocycles. The number of nitrogens with zero attached hydrogens (tertiary/aromatic N) is 2. The Morgan fingerprint density at radius 1 is 1.35 bits per heavy atom. The lowest BCUT2D eigenvalue weighted by Crippen LogP contribution is -1.90. The van der Waals surface area contributed by atoms with Crippen molar-refractivity contribution < 1.29 is 9.26 Å².